The Morgan fingerprint density at radius 2 is 1.23 bits per heavy atom. The molecule has 0 aromatic heterocycles. The van der Waals surface area contributed by atoms with E-state index in [0.717, 1.165) is 50.2 Å². The van der Waals surface area contributed by atoms with E-state index in [1.807, 2.05) is 58.3 Å². The zero-order valence-corrected chi connectivity index (χ0v) is 23.7. The lowest BCUT2D eigenvalue weighted by molar-refractivity contribution is -0.143. The zero-order valence-electron chi connectivity index (χ0n) is 23.7. The first-order valence-electron chi connectivity index (χ1n) is 14.6. The van der Waals surface area contributed by atoms with Crippen molar-refractivity contribution >= 4 is 5.91 Å². The second-order valence-electron chi connectivity index (χ2n) is 11.6. The molecule has 43 heavy (non-hydrogen) atoms. The molecule has 230 valence electrons. The fraction of sp³-hybridized carbons (Fsp3) is 0.424. The van der Waals surface area contributed by atoms with Crippen molar-refractivity contribution in [2.45, 2.75) is 50.7 Å². The average molecular weight is 604 g/mol. The SMILES string of the molecule is O=C(CC1CCN(Cc2ccccc2)CC1)N1CCN(Cc2cc(C(F)(F)F)cc(C(F)(F)F)c2)CC1c1ccccc1. The van der Waals surface area contributed by atoms with Crippen LogP contribution in [0.5, 0.6) is 0 Å². The molecular weight excluding hydrogens is 568 g/mol. The van der Waals surface area contributed by atoms with Crippen LogP contribution in [0.2, 0.25) is 0 Å². The maximum absolute atomic E-state index is 13.6. The van der Waals surface area contributed by atoms with Crippen molar-refractivity contribution in [3.8, 4) is 0 Å². The number of carbonyl (C=O) groups excluding carboxylic acids is 1. The number of nitrogens with zero attached hydrogens (tertiary/aromatic N) is 3. The number of piperazine rings is 1. The van der Waals surface area contributed by atoms with Gasteiger partial charge in [0.2, 0.25) is 5.91 Å². The lowest BCUT2D eigenvalue weighted by Gasteiger charge is -2.43. The number of piperidine rings is 1. The van der Waals surface area contributed by atoms with Crippen molar-refractivity contribution in [3.63, 3.8) is 0 Å². The molecule has 2 aliphatic heterocycles. The van der Waals surface area contributed by atoms with Crippen molar-refractivity contribution in [1.82, 2.24) is 14.7 Å². The summed E-state index contributed by atoms with van der Waals surface area (Å²) in [6.07, 6.45) is -7.53. The van der Waals surface area contributed by atoms with Crippen LogP contribution in [-0.2, 0) is 30.2 Å². The van der Waals surface area contributed by atoms with Gasteiger partial charge in [-0.1, -0.05) is 60.7 Å². The fourth-order valence-corrected chi connectivity index (χ4v) is 6.17. The van der Waals surface area contributed by atoms with Crippen LogP contribution in [0.4, 0.5) is 26.3 Å². The monoisotopic (exact) mass is 603 g/mol. The molecule has 2 aliphatic rings. The van der Waals surface area contributed by atoms with E-state index in [2.05, 4.69) is 17.0 Å². The number of hydrogen-bond donors (Lipinski definition) is 0. The minimum Gasteiger partial charge on any atom is -0.333 e. The summed E-state index contributed by atoms with van der Waals surface area (Å²) >= 11 is 0. The molecule has 3 aromatic carbocycles. The van der Waals surface area contributed by atoms with Gasteiger partial charge in [0.1, 0.15) is 0 Å². The number of alkyl halides is 6. The smallest absolute Gasteiger partial charge is 0.333 e. The van der Waals surface area contributed by atoms with E-state index in [4.69, 9.17) is 0 Å². The van der Waals surface area contributed by atoms with Crippen LogP contribution in [0.1, 0.15) is 53.1 Å². The molecule has 2 fully saturated rings. The molecule has 0 N–H and O–H groups in total. The highest BCUT2D eigenvalue weighted by Gasteiger charge is 2.38. The predicted octanol–water partition coefficient (Wildman–Crippen LogP) is 7.41. The van der Waals surface area contributed by atoms with Crippen LogP contribution in [0, 0.1) is 5.92 Å². The Hall–Kier alpha value is -3.37. The number of rotatable bonds is 7. The molecule has 0 spiro atoms. The van der Waals surface area contributed by atoms with E-state index < -0.39 is 23.5 Å². The molecule has 3 aromatic rings. The van der Waals surface area contributed by atoms with Crippen molar-refractivity contribution < 1.29 is 31.1 Å². The van der Waals surface area contributed by atoms with Crippen molar-refractivity contribution in [2.75, 3.05) is 32.7 Å². The Balaban J connectivity index is 1.25. The molecule has 5 rings (SSSR count). The van der Waals surface area contributed by atoms with Crippen molar-refractivity contribution in [2.24, 2.45) is 5.92 Å². The summed E-state index contributed by atoms with van der Waals surface area (Å²) in [6.45, 7) is 3.63. The first-order chi connectivity index (χ1) is 20.5. The average Bonchev–Trinajstić information content (AvgIpc) is 2.98. The molecule has 1 amide bonds. The van der Waals surface area contributed by atoms with Crippen LogP contribution in [0.15, 0.2) is 78.9 Å². The topological polar surface area (TPSA) is 26.8 Å². The third kappa shape index (κ3) is 8.17. The number of benzene rings is 3. The molecule has 0 radical (unpaired) electrons. The maximum Gasteiger partial charge on any atom is 0.416 e. The second-order valence-corrected chi connectivity index (χ2v) is 11.6. The normalized spacial score (nSPS) is 19.5. The summed E-state index contributed by atoms with van der Waals surface area (Å²) in [7, 11) is 0. The van der Waals surface area contributed by atoms with Gasteiger partial charge in [0, 0.05) is 39.1 Å². The Bertz CT molecular complexity index is 1320. The van der Waals surface area contributed by atoms with Gasteiger partial charge in [-0.15, -0.1) is 0 Å². The van der Waals surface area contributed by atoms with Gasteiger partial charge in [-0.05, 0) is 66.7 Å². The summed E-state index contributed by atoms with van der Waals surface area (Å²) in [5.74, 6) is 0.299. The summed E-state index contributed by atoms with van der Waals surface area (Å²) < 4.78 is 80.5. The van der Waals surface area contributed by atoms with Crippen LogP contribution in [0.25, 0.3) is 0 Å². The number of hydrogen-bond acceptors (Lipinski definition) is 3. The van der Waals surface area contributed by atoms with Crippen molar-refractivity contribution in [3.05, 3.63) is 107 Å². The van der Waals surface area contributed by atoms with Gasteiger partial charge in [-0.3, -0.25) is 14.6 Å². The first-order valence-corrected chi connectivity index (χ1v) is 14.6. The highest BCUT2D eigenvalue weighted by Crippen LogP contribution is 2.37. The number of likely N-dealkylation sites (tertiary alicyclic amines) is 1. The molecule has 1 unspecified atom stereocenters. The van der Waals surface area contributed by atoms with Crippen LogP contribution < -0.4 is 0 Å². The lowest BCUT2D eigenvalue weighted by Crippen LogP contribution is -2.50. The highest BCUT2D eigenvalue weighted by molar-refractivity contribution is 5.77. The molecule has 4 nitrogen and oxygen atoms in total. The molecule has 0 saturated carbocycles. The van der Waals surface area contributed by atoms with E-state index in [-0.39, 0.29) is 36.0 Å². The number of halogens is 6. The minimum atomic E-state index is -4.90. The van der Waals surface area contributed by atoms with Gasteiger partial charge in [0.15, 0.2) is 0 Å². The summed E-state index contributed by atoms with van der Waals surface area (Å²) in [6, 6.07) is 21.1. The van der Waals surface area contributed by atoms with Gasteiger partial charge >= 0.3 is 12.4 Å². The third-order valence-electron chi connectivity index (χ3n) is 8.44. The quantitative estimate of drug-likeness (QED) is 0.263. The molecule has 10 heteroatoms. The molecule has 0 bridgehead atoms. The fourth-order valence-electron chi connectivity index (χ4n) is 6.17. The Labute approximate surface area is 247 Å². The zero-order chi connectivity index (χ0) is 30.6. The summed E-state index contributed by atoms with van der Waals surface area (Å²) in [4.78, 5) is 19.7. The van der Waals surface area contributed by atoms with Gasteiger partial charge < -0.3 is 4.90 Å². The Kier molecular flexibility index (Phi) is 9.46. The van der Waals surface area contributed by atoms with Gasteiger partial charge in [0.05, 0.1) is 17.2 Å². The first kappa shape index (κ1) is 31.1. The largest absolute Gasteiger partial charge is 0.416 e. The third-order valence-corrected chi connectivity index (χ3v) is 8.44. The molecule has 2 heterocycles. The highest BCUT2D eigenvalue weighted by atomic mass is 19.4. The summed E-state index contributed by atoms with van der Waals surface area (Å²) in [5, 5.41) is 0. The standard InChI is InChI=1S/C33H35F6N3O/c34-32(35,36)28-17-26(18-29(20-28)33(37,38)39)22-41-15-16-42(30(23-41)27-9-5-2-6-10-27)31(43)19-24-11-13-40(14-12-24)21-25-7-3-1-4-8-25/h1-10,17-18,20,24,30H,11-16,19,21-23H2. The van der Waals surface area contributed by atoms with Gasteiger partial charge in [-0.2, -0.15) is 26.3 Å². The molecule has 0 aliphatic carbocycles. The van der Waals surface area contributed by atoms with E-state index in [1.54, 1.807) is 0 Å². The van der Waals surface area contributed by atoms with Crippen LogP contribution in [-0.4, -0.2) is 53.3 Å². The summed E-state index contributed by atoms with van der Waals surface area (Å²) in [5.41, 5.74) is -0.546. The van der Waals surface area contributed by atoms with E-state index >= 15 is 0 Å². The number of amides is 1. The second kappa shape index (κ2) is 13.1. The van der Waals surface area contributed by atoms with Crippen molar-refractivity contribution in [1.29, 1.82) is 0 Å². The maximum atomic E-state index is 13.6. The van der Waals surface area contributed by atoms with Crippen LogP contribution in [0.3, 0.4) is 0 Å². The Morgan fingerprint density at radius 3 is 1.81 bits per heavy atom. The predicted molar refractivity (Wildman–Crippen MR) is 152 cm³/mol. The molecule has 2 saturated heterocycles. The number of carbonyl (C=O) groups is 1. The van der Waals surface area contributed by atoms with Crippen LogP contribution >= 0.6 is 0 Å². The lowest BCUT2D eigenvalue weighted by atomic mass is 9.91. The van der Waals surface area contributed by atoms with Gasteiger partial charge in [-0.25, -0.2) is 0 Å². The molecular formula is C33H35F6N3O. The van der Waals surface area contributed by atoms with Gasteiger partial charge in [0.25, 0.3) is 0 Å². The van der Waals surface area contributed by atoms with E-state index in [9.17, 15) is 31.1 Å². The molecule has 1 atom stereocenters. The minimum absolute atomic E-state index is 0.0356. The van der Waals surface area contributed by atoms with E-state index in [0.29, 0.717) is 26.1 Å². The van der Waals surface area contributed by atoms with E-state index in [1.165, 1.54) is 5.56 Å². The Morgan fingerprint density at radius 1 is 0.674 bits per heavy atom.